The summed E-state index contributed by atoms with van der Waals surface area (Å²) in [4.78, 5) is 23.0. The number of anilines is 1. The van der Waals surface area contributed by atoms with Gasteiger partial charge in [-0.15, -0.1) is 0 Å². The first-order valence-corrected chi connectivity index (χ1v) is 9.67. The normalized spacial score (nSPS) is 22.7. The molecular weight excluding hydrogens is 336 g/mol. The molecule has 0 saturated carbocycles. The monoisotopic (exact) mass is 358 g/mol. The number of nitrogens with zero attached hydrogens (tertiary/aromatic N) is 3. The lowest BCUT2D eigenvalue weighted by atomic mass is 9.82. The summed E-state index contributed by atoms with van der Waals surface area (Å²) >= 11 is 1.56. The zero-order chi connectivity index (χ0) is 17.1. The molecule has 6 nitrogen and oxygen atoms in total. The minimum absolute atomic E-state index is 0.129. The fraction of sp³-hybridized carbons (Fsp3) is 0.500. The molecule has 2 aromatic heterocycles. The third kappa shape index (κ3) is 3.67. The van der Waals surface area contributed by atoms with Crippen LogP contribution in [-0.2, 0) is 4.74 Å². The first kappa shape index (κ1) is 16.5. The zero-order valence-electron chi connectivity index (χ0n) is 14.1. The molecule has 2 fully saturated rings. The van der Waals surface area contributed by atoms with E-state index in [1.807, 2.05) is 27.8 Å². The number of piperidine rings is 1. The number of carbonyl (C=O) groups is 1. The maximum Gasteiger partial charge on any atom is 0.254 e. The zero-order valence-corrected chi connectivity index (χ0v) is 14.9. The number of nitrogens with one attached hydrogen (secondary N) is 1. The highest BCUT2D eigenvalue weighted by Gasteiger charge is 2.41. The summed E-state index contributed by atoms with van der Waals surface area (Å²) in [6.07, 6.45) is 7.16. The van der Waals surface area contributed by atoms with Crippen molar-refractivity contribution in [3.63, 3.8) is 0 Å². The molecule has 1 amide bonds. The molecule has 0 radical (unpaired) electrons. The second-order valence-electron chi connectivity index (χ2n) is 6.74. The summed E-state index contributed by atoms with van der Waals surface area (Å²) in [6, 6.07) is 4.03. The van der Waals surface area contributed by atoms with Crippen molar-refractivity contribution >= 4 is 23.2 Å². The maximum atomic E-state index is 12.5. The van der Waals surface area contributed by atoms with Crippen molar-refractivity contribution < 1.29 is 9.53 Å². The molecule has 0 aliphatic carbocycles. The van der Waals surface area contributed by atoms with Gasteiger partial charge in [0, 0.05) is 43.5 Å². The lowest BCUT2D eigenvalue weighted by Gasteiger charge is -2.46. The van der Waals surface area contributed by atoms with Crippen LogP contribution in [0.4, 0.5) is 5.95 Å². The Balaban J connectivity index is 1.36. The average molecular weight is 358 g/mol. The molecule has 4 heterocycles. The highest BCUT2D eigenvalue weighted by molar-refractivity contribution is 7.08. The first-order chi connectivity index (χ1) is 12.2. The van der Waals surface area contributed by atoms with Gasteiger partial charge < -0.3 is 15.0 Å². The second kappa shape index (κ2) is 7.09. The molecule has 1 N–H and O–H groups in total. The van der Waals surface area contributed by atoms with E-state index < -0.39 is 0 Å². The molecule has 1 unspecified atom stereocenters. The lowest BCUT2D eigenvalue weighted by Crippen LogP contribution is -2.52. The van der Waals surface area contributed by atoms with Crippen molar-refractivity contribution in [3.05, 3.63) is 40.8 Å². The fourth-order valence-electron chi connectivity index (χ4n) is 3.74. The number of hydrogen-bond acceptors (Lipinski definition) is 6. The largest absolute Gasteiger partial charge is 0.375 e. The molecule has 1 atom stereocenters. The van der Waals surface area contributed by atoms with E-state index in [1.54, 1.807) is 23.7 Å². The highest BCUT2D eigenvalue weighted by atomic mass is 32.1. The molecule has 4 rings (SSSR count). The topological polar surface area (TPSA) is 67.4 Å². The Labute approximate surface area is 151 Å². The number of carbonyl (C=O) groups excluding carboxylic acids is 1. The lowest BCUT2D eigenvalue weighted by molar-refractivity contribution is -0.110. The Morgan fingerprint density at radius 1 is 1.32 bits per heavy atom. The quantitative estimate of drug-likeness (QED) is 0.914. The van der Waals surface area contributed by atoms with Crippen molar-refractivity contribution in [1.82, 2.24) is 14.9 Å². The van der Waals surface area contributed by atoms with Crippen molar-refractivity contribution in [1.29, 1.82) is 0 Å². The smallest absolute Gasteiger partial charge is 0.254 e. The highest BCUT2D eigenvalue weighted by Crippen LogP contribution is 2.36. The SMILES string of the molecule is O=C(c1ccsc1)N1CCC2(CC1)CC(Nc1ncccn1)CCO2. The van der Waals surface area contributed by atoms with E-state index in [0.29, 0.717) is 12.0 Å². The summed E-state index contributed by atoms with van der Waals surface area (Å²) in [5.74, 6) is 0.814. The molecule has 132 valence electrons. The number of thiophene rings is 1. The number of ether oxygens (including phenoxy) is 1. The van der Waals surface area contributed by atoms with Gasteiger partial charge in [0.2, 0.25) is 5.95 Å². The van der Waals surface area contributed by atoms with Crippen LogP contribution < -0.4 is 5.32 Å². The van der Waals surface area contributed by atoms with E-state index in [4.69, 9.17) is 4.74 Å². The average Bonchev–Trinajstić information content (AvgIpc) is 3.18. The van der Waals surface area contributed by atoms with Crippen molar-refractivity contribution in [3.8, 4) is 0 Å². The van der Waals surface area contributed by atoms with Crippen LogP contribution in [0.1, 0.15) is 36.0 Å². The molecule has 0 bridgehead atoms. The first-order valence-electron chi connectivity index (χ1n) is 8.73. The third-order valence-corrected chi connectivity index (χ3v) is 5.81. The van der Waals surface area contributed by atoms with Crippen LogP contribution in [0, 0.1) is 0 Å². The number of rotatable bonds is 3. The summed E-state index contributed by atoms with van der Waals surface area (Å²) in [7, 11) is 0. The Kier molecular flexibility index (Phi) is 4.67. The molecule has 25 heavy (non-hydrogen) atoms. The molecule has 2 aliphatic rings. The van der Waals surface area contributed by atoms with E-state index in [2.05, 4.69) is 15.3 Å². The van der Waals surface area contributed by atoms with E-state index in [9.17, 15) is 4.79 Å². The van der Waals surface area contributed by atoms with Gasteiger partial charge in [-0.1, -0.05) is 0 Å². The Morgan fingerprint density at radius 2 is 2.12 bits per heavy atom. The number of aromatic nitrogens is 2. The van der Waals surface area contributed by atoms with Gasteiger partial charge in [-0.2, -0.15) is 11.3 Å². The summed E-state index contributed by atoms with van der Waals surface area (Å²) < 4.78 is 6.18. The van der Waals surface area contributed by atoms with Crippen LogP contribution >= 0.6 is 11.3 Å². The Bertz CT molecular complexity index is 699. The molecule has 1 spiro atoms. The predicted molar refractivity (Wildman–Crippen MR) is 96.8 cm³/mol. The van der Waals surface area contributed by atoms with Crippen molar-refractivity contribution in [2.24, 2.45) is 0 Å². The van der Waals surface area contributed by atoms with Gasteiger partial charge in [0.05, 0.1) is 11.2 Å². The summed E-state index contributed by atoms with van der Waals surface area (Å²) in [5.41, 5.74) is 0.669. The number of amides is 1. The van der Waals surface area contributed by atoms with Gasteiger partial charge in [-0.25, -0.2) is 9.97 Å². The van der Waals surface area contributed by atoms with Crippen LogP contribution in [-0.4, -0.2) is 52.1 Å². The molecule has 2 aromatic rings. The Morgan fingerprint density at radius 3 is 2.84 bits per heavy atom. The van der Waals surface area contributed by atoms with Crippen molar-refractivity contribution in [2.45, 2.75) is 37.3 Å². The van der Waals surface area contributed by atoms with Gasteiger partial charge in [-0.05, 0) is 43.2 Å². The molecule has 7 heteroatoms. The summed E-state index contributed by atoms with van der Waals surface area (Å²) in [5, 5.41) is 7.30. The predicted octanol–water partition coefficient (Wildman–Crippen LogP) is 2.80. The molecule has 0 aromatic carbocycles. The minimum Gasteiger partial charge on any atom is -0.375 e. The summed E-state index contributed by atoms with van der Waals surface area (Å²) in [6.45, 7) is 2.25. The standard InChI is InChI=1S/C18H22N4O2S/c23-16(14-3-11-25-13-14)22-8-4-18(5-9-22)12-15(2-10-24-18)21-17-19-6-1-7-20-17/h1,3,6-7,11,13,15H,2,4-5,8-10,12H2,(H,19,20,21). The number of hydrogen-bond donors (Lipinski definition) is 1. The number of likely N-dealkylation sites (tertiary alicyclic amines) is 1. The minimum atomic E-state index is -0.129. The van der Waals surface area contributed by atoms with Crippen molar-refractivity contribution in [2.75, 3.05) is 25.0 Å². The van der Waals surface area contributed by atoms with Crippen LogP contribution in [0.5, 0.6) is 0 Å². The fourth-order valence-corrected chi connectivity index (χ4v) is 4.37. The van der Waals surface area contributed by atoms with Gasteiger partial charge in [0.1, 0.15) is 0 Å². The van der Waals surface area contributed by atoms with Crippen LogP contribution in [0.15, 0.2) is 35.3 Å². The maximum absolute atomic E-state index is 12.5. The van der Waals surface area contributed by atoms with Gasteiger partial charge >= 0.3 is 0 Å². The van der Waals surface area contributed by atoms with Crippen LogP contribution in [0.3, 0.4) is 0 Å². The van der Waals surface area contributed by atoms with E-state index >= 15 is 0 Å². The molecular formula is C18H22N4O2S. The molecule has 2 aliphatic heterocycles. The van der Waals surface area contributed by atoms with E-state index in [-0.39, 0.29) is 11.5 Å². The van der Waals surface area contributed by atoms with Crippen LogP contribution in [0.2, 0.25) is 0 Å². The van der Waals surface area contributed by atoms with Gasteiger partial charge in [-0.3, -0.25) is 4.79 Å². The Hall–Kier alpha value is -1.99. The second-order valence-corrected chi connectivity index (χ2v) is 7.52. The van der Waals surface area contributed by atoms with Crippen LogP contribution in [0.25, 0.3) is 0 Å². The van der Waals surface area contributed by atoms with E-state index in [1.165, 1.54) is 0 Å². The van der Waals surface area contributed by atoms with E-state index in [0.717, 1.165) is 50.9 Å². The molecule has 2 saturated heterocycles. The van der Waals surface area contributed by atoms with Gasteiger partial charge in [0.15, 0.2) is 0 Å². The third-order valence-electron chi connectivity index (χ3n) is 5.12. The van der Waals surface area contributed by atoms with Gasteiger partial charge in [0.25, 0.3) is 5.91 Å².